The lowest BCUT2D eigenvalue weighted by Crippen LogP contribution is -2.45. The van der Waals surface area contributed by atoms with Crippen LogP contribution in [-0.4, -0.2) is 73.4 Å². The van der Waals surface area contributed by atoms with E-state index in [4.69, 9.17) is 9.05 Å². The lowest BCUT2D eigenvalue weighted by atomic mass is 10.0. The Morgan fingerprint density at radius 1 is 0.423 bits per heavy atom. The summed E-state index contributed by atoms with van der Waals surface area (Å²) < 4.78 is 23.8. The minimum absolute atomic E-state index is 0.0589. The zero-order chi connectivity index (χ0) is 57.0. The summed E-state index contributed by atoms with van der Waals surface area (Å²) in [5.74, 6) is -0.179. The molecule has 0 heterocycles. The predicted octanol–water partition coefficient (Wildman–Crippen LogP) is 21.9. The summed E-state index contributed by atoms with van der Waals surface area (Å²) in [5.41, 5.74) is 0. The van der Waals surface area contributed by atoms with Crippen molar-refractivity contribution in [3.63, 3.8) is 0 Å². The lowest BCUT2D eigenvalue weighted by Gasteiger charge is -2.25. The lowest BCUT2D eigenvalue weighted by molar-refractivity contribution is -0.870. The average molecular weight is 1120 g/mol. The van der Waals surface area contributed by atoms with E-state index < -0.39 is 20.0 Å². The number of carbonyl (C=O) groups excluding carboxylic acids is 1. The summed E-state index contributed by atoms with van der Waals surface area (Å²) in [6, 6.07) is -0.861. The quantitative estimate of drug-likeness (QED) is 0.0243. The molecule has 0 aromatic heterocycles. The first-order valence-corrected chi connectivity index (χ1v) is 36.2. The van der Waals surface area contributed by atoms with Gasteiger partial charge in [0.05, 0.1) is 39.9 Å². The van der Waals surface area contributed by atoms with Crippen molar-refractivity contribution in [1.29, 1.82) is 0 Å². The molecule has 3 atom stereocenters. The molecule has 0 saturated heterocycles. The molecule has 0 spiro atoms. The van der Waals surface area contributed by atoms with Crippen molar-refractivity contribution in [1.82, 2.24) is 5.32 Å². The Balaban J connectivity index is 3.95. The highest BCUT2D eigenvalue weighted by atomic mass is 31.2. The molecule has 1 amide bonds. The molecular formula is C69H138N2O6P+. The minimum Gasteiger partial charge on any atom is -0.387 e. The third-order valence-corrected chi connectivity index (χ3v) is 17.2. The van der Waals surface area contributed by atoms with E-state index in [-0.39, 0.29) is 19.1 Å². The molecule has 0 rings (SSSR count). The molecule has 0 aromatic carbocycles. The van der Waals surface area contributed by atoms with Gasteiger partial charge in [-0.25, -0.2) is 4.57 Å². The Hall–Kier alpha value is -1.02. The monoisotopic (exact) mass is 1120 g/mol. The maximum Gasteiger partial charge on any atom is 0.472 e. The van der Waals surface area contributed by atoms with Gasteiger partial charge in [0.25, 0.3) is 0 Å². The number of nitrogens with one attached hydrogen (secondary N) is 1. The Kier molecular flexibility index (Phi) is 59.8. The topological polar surface area (TPSA) is 105 Å². The van der Waals surface area contributed by atoms with Crippen molar-refractivity contribution < 1.29 is 32.9 Å². The fraction of sp³-hybridized carbons (Fsp3) is 0.928. The standard InChI is InChI=1S/C69H137N2O6P/c1-6-8-10-12-14-16-18-20-22-24-26-27-28-29-30-31-32-33-34-35-36-37-38-39-40-41-42-43-45-47-49-51-53-55-57-59-61-63-69(73)70-67(66-77-78(74,75)76-65-64-71(3,4)5)68(72)62-60-58-56-54-52-50-48-46-44-25-23-21-19-17-15-13-11-9-7-2/h52,54,60,62,67-68,72H,6-51,53,55-59,61,63-66H2,1-5H3,(H-,70,73,74,75)/p+1/b54-52+,62-60+. The highest BCUT2D eigenvalue weighted by molar-refractivity contribution is 7.47. The third-order valence-electron chi connectivity index (χ3n) is 16.2. The summed E-state index contributed by atoms with van der Waals surface area (Å²) in [7, 11) is 1.57. The van der Waals surface area contributed by atoms with Gasteiger partial charge in [-0.2, -0.15) is 0 Å². The number of allylic oxidation sites excluding steroid dienone is 3. The van der Waals surface area contributed by atoms with E-state index in [2.05, 4.69) is 31.3 Å². The van der Waals surface area contributed by atoms with E-state index >= 15 is 0 Å². The van der Waals surface area contributed by atoms with Gasteiger partial charge >= 0.3 is 7.82 Å². The smallest absolute Gasteiger partial charge is 0.387 e. The van der Waals surface area contributed by atoms with E-state index in [1.807, 2.05) is 27.2 Å². The number of phosphoric acid groups is 1. The van der Waals surface area contributed by atoms with Crippen molar-refractivity contribution in [2.45, 2.75) is 373 Å². The number of nitrogens with zero attached hydrogens (tertiary/aromatic N) is 1. The van der Waals surface area contributed by atoms with Crippen LogP contribution >= 0.6 is 7.82 Å². The molecule has 0 radical (unpaired) electrons. The Bertz CT molecular complexity index is 1320. The molecule has 0 aliphatic carbocycles. The van der Waals surface area contributed by atoms with Crippen molar-refractivity contribution in [2.75, 3.05) is 40.9 Å². The predicted molar refractivity (Wildman–Crippen MR) is 342 cm³/mol. The first-order valence-electron chi connectivity index (χ1n) is 34.7. The van der Waals surface area contributed by atoms with Crippen LogP contribution < -0.4 is 5.32 Å². The summed E-state index contributed by atoms with van der Waals surface area (Å²) in [5, 5.41) is 14.0. The van der Waals surface area contributed by atoms with Crippen LogP contribution in [0.5, 0.6) is 0 Å². The molecule has 0 aliphatic rings. The van der Waals surface area contributed by atoms with Crippen molar-refractivity contribution in [2.24, 2.45) is 0 Å². The first-order chi connectivity index (χ1) is 38.0. The number of carbonyl (C=O) groups is 1. The maximum atomic E-state index is 13.0. The number of quaternary nitrogens is 1. The van der Waals surface area contributed by atoms with Gasteiger partial charge in [0, 0.05) is 6.42 Å². The van der Waals surface area contributed by atoms with Gasteiger partial charge in [-0.15, -0.1) is 0 Å². The van der Waals surface area contributed by atoms with Crippen LogP contribution in [0, 0.1) is 0 Å². The van der Waals surface area contributed by atoms with Gasteiger partial charge in [0.2, 0.25) is 5.91 Å². The Morgan fingerprint density at radius 2 is 0.705 bits per heavy atom. The molecule has 0 bridgehead atoms. The second-order valence-corrected chi connectivity index (χ2v) is 26.7. The van der Waals surface area contributed by atoms with Crippen molar-refractivity contribution in [3.8, 4) is 0 Å². The number of rotatable bonds is 65. The molecule has 464 valence electrons. The minimum atomic E-state index is -4.36. The molecule has 9 heteroatoms. The fourth-order valence-electron chi connectivity index (χ4n) is 10.8. The van der Waals surface area contributed by atoms with Gasteiger partial charge in [-0.3, -0.25) is 13.8 Å². The summed E-state index contributed by atoms with van der Waals surface area (Å²) in [6.45, 7) is 4.85. The molecule has 0 aliphatic heterocycles. The first kappa shape index (κ1) is 77.0. The SMILES string of the molecule is CCCCCCCCCCCCCCC/C=C/CC/C=C/C(O)C(COP(=O)(O)OCC[N+](C)(C)C)NC(=O)CCCCCCCCCCCCCCCCCCCCCCCCCCCCCCCCCCCCCCC. The third kappa shape index (κ3) is 62.6. The Morgan fingerprint density at radius 3 is 1.03 bits per heavy atom. The van der Waals surface area contributed by atoms with Crippen LogP contribution in [0.1, 0.15) is 361 Å². The molecule has 3 unspecified atom stereocenters. The molecule has 78 heavy (non-hydrogen) atoms. The molecule has 0 aromatic rings. The van der Waals surface area contributed by atoms with E-state index in [0.29, 0.717) is 17.4 Å². The average Bonchev–Trinajstić information content (AvgIpc) is 3.41. The number of aliphatic hydroxyl groups is 1. The van der Waals surface area contributed by atoms with E-state index in [0.717, 1.165) is 38.5 Å². The zero-order valence-electron chi connectivity index (χ0n) is 53.2. The fourth-order valence-corrected chi connectivity index (χ4v) is 11.5. The van der Waals surface area contributed by atoms with E-state index in [9.17, 15) is 19.4 Å². The molecular weight excluding hydrogens is 984 g/mol. The largest absolute Gasteiger partial charge is 0.472 e. The Labute approximate surface area is 487 Å². The van der Waals surface area contributed by atoms with Gasteiger partial charge < -0.3 is 19.8 Å². The normalized spacial score (nSPS) is 13.8. The number of phosphoric ester groups is 1. The van der Waals surface area contributed by atoms with Crippen LogP contribution in [0.3, 0.4) is 0 Å². The maximum absolute atomic E-state index is 13.0. The van der Waals surface area contributed by atoms with E-state index in [1.54, 1.807) is 6.08 Å². The van der Waals surface area contributed by atoms with Crippen LogP contribution in [-0.2, 0) is 18.4 Å². The number of amides is 1. The van der Waals surface area contributed by atoms with Crippen LogP contribution in [0.4, 0.5) is 0 Å². The van der Waals surface area contributed by atoms with Crippen LogP contribution in [0.25, 0.3) is 0 Å². The van der Waals surface area contributed by atoms with Crippen LogP contribution in [0.15, 0.2) is 24.3 Å². The highest BCUT2D eigenvalue weighted by Gasteiger charge is 2.28. The molecule has 0 fully saturated rings. The van der Waals surface area contributed by atoms with E-state index in [1.165, 1.54) is 302 Å². The number of hydrogen-bond donors (Lipinski definition) is 3. The van der Waals surface area contributed by atoms with Gasteiger partial charge in [-0.1, -0.05) is 346 Å². The number of likely N-dealkylation sites (N-methyl/N-ethyl adjacent to an activating group) is 1. The second-order valence-electron chi connectivity index (χ2n) is 25.3. The highest BCUT2D eigenvalue weighted by Crippen LogP contribution is 2.43. The van der Waals surface area contributed by atoms with Crippen molar-refractivity contribution in [3.05, 3.63) is 24.3 Å². The second kappa shape index (κ2) is 60.6. The van der Waals surface area contributed by atoms with Gasteiger partial charge in [-0.05, 0) is 32.1 Å². The summed E-state index contributed by atoms with van der Waals surface area (Å²) >= 11 is 0. The van der Waals surface area contributed by atoms with Crippen LogP contribution in [0.2, 0.25) is 0 Å². The summed E-state index contributed by atoms with van der Waals surface area (Å²) in [4.78, 5) is 23.4. The van der Waals surface area contributed by atoms with Gasteiger partial charge in [0.1, 0.15) is 13.2 Å². The van der Waals surface area contributed by atoms with Crippen molar-refractivity contribution >= 4 is 13.7 Å². The number of hydrogen-bond acceptors (Lipinski definition) is 5. The number of aliphatic hydroxyl groups excluding tert-OH is 1. The molecule has 3 N–H and O–H groups in total. The zero-order valence-corrected chi connectivity index (χ0v) is 54.1. The van der Waals surface area contributed by atoms with Gasteiger partial charge in [0.15, 0.2) is 0 Å². The number of unbranched alkanes of at least 4 members (excludes halogenated alkanes) is 50. The molecule has 0 saturated carbocycles. The summed E-state index contributed by atoms with van der Waals surface area (Å²) in [6.07, 6.45) is 79.2. The molecule has 8 nitrogen and oxygen atoms in total.